The van der Waals surface area contributed by atoms with Gasteiger partial charge in [0.2, 0.25) is 0 Å². The molecule has 18 heavy (non-hydrogen) atoms. The standard InChI is InChI=1S/C15H16BrNO/c1-10-6-7-12(8-11(10)2)9-18-14-5-3-4-13(17)15(14)16/h3-8H,9,17H2,1-2H3. The Hall–Kier alpha value is -1.48. The summed E-state index contributed by atoms with van der Waals surface area (Å²) in [7, 11) is 0. The minimum atomic E-state index is 0.545. The Kier molecular flexibility index (Phi) is 3.92. The van der Waals surface area contributed by atoms with Crippen molar-refractivity contribution in [2.45, 2.75) is 20.5 Å². The van der Waals surface area contributed by atoms with Gasteiger partial charge in [-0.05, 0) is 58.6 Å². The van der Waals surface area contributed by atoms with Crippen LogP contribution in [0.3, 0.4) is 0 Å². The van der Waals surface area contributed by atoms with E-state index in [-0.39, 0.29) is 0 Å². The molecule has 2 aromatic rings. The summed E-state index contributed by atoms with van der Waals surface area (Å²) in [6.07, 6.45) is 0. The van der Waals surface area contributed by atoms with Crippen LogP contribution in [-0.2, 0) is 6.61 Å². The molecule has 0 aromatic heterocycles. The zero-order valence-corrected chi connectivity index (χ0v) is 12.1. The average molecular weight is 306 g/mol. The third-order valence-electron chi connectivity index (χ3n) is 2.96. The smallest absolute Gasteiger partial charge is 0.136 e. The molecule has 0 amide bonds. The lowest BCUT2D eigenvalue weighted by Gasteiger charge is -2.10. The van der Waals surface area contributed by atoms with Crippen molar-refractivity contribution < 1.29 is 4.74 Å². The predicted molar refractivity (Wildman–Crippen MR) is 78.8 cm³/mol. The first-order chi connectivity index (χ1) is 8.58. The van der Waals surface area contributed by atoms with Crippen LogP contribution in [0.4, 0.5) is 5.69 Å². The minimum absolute atomic E-state index is 0.545. The Morgan fingerprint density at radius 1 is 1.11 bits per heavy atom. The highest BCUT2D eigenvalue weighted by molar-refractivity contribution is 9.10. The second kappa shape index (κ2) is 5.44. The summed E-state index contributed by atoms with van der Waals surface area (Å²) >= 11 is 3.43. The maximum atomic E-state index is 5.81. The third-order valence-corrected chi connectivity index (χ3v) is 3.81. The fourth-order valence-electron chi connectivity index (χ4n) is 1.69. The van der Waals surface area contributed by atoms with Crippen LogP contribution in [0.25, 0.3) is 0 Å². The summed E-state index contributed by atoms with van der Waals surface area (Å²) in [4.78, 5) is 0. The van der Waals surface area contributed by atoms with E-state index in [1.807, 2.05) is 18.2 Å². The van der Waals surface area contributed by atoms with Gasteiger partial charge in [-0.1, -0.05) is 24.3 Å². The zero-order chi connectivity index (χ0) is 13.1. The molecular formula is C15H16BrNO. The molecule has 0 atom stereocenters. The predicted octanol–water partition coefficient (Wildman–Crippen LogP) is 4.23. The summed E-state index contributed by atoms with van der Waals surface area (Å²) in [5, 5.41) is 0. The van der Waals surface area contributed by atoms with E-state index >= 15 is 0 Å². The largest absolute Gasteiger partial charge is 0.488 e. The van der Waals surface area contributed by atoms with Crippen molar-refractivity contribution in [3.05, 3.63) is 57.6 Å². The Morgan fingerprint density at radius 3 is 2.61 bits per heavy atom. The number of benzene rings is 2. The Morgan fingerprint density at radius 2 is 1.89 bits per heavy atom. The van der Waals surface area contributed by atoms with Crippen molar-refractivity contribution in [1.82, 2.24) is 0 Å². The van der Waals surface area contributed by atoms with E-state index in [2.05, 4.69) is 48.0 Å². The van der Waals surface area contributed by atoms with Crippen molar-refractivity contribution in [2.24, 2.45) is 0 Å². The Bertz CT molecular complexity index is 566. The first kappa shape index (κ1) is 13.0. The molecule has 0 saturated carbocycles. The maximum absolute atomic E-state index is 5.81. The molecule has 0 aliphatic rings. The van der Waals surface area contributed by atoms with Gasteiger partial charge in [-0.15, -0.1) is 0 Å². The van der Waals surface area contributed by atoms with Crippen LogP contribution in [0.15, 0.2) is 40.9 Å². The highest BCUT2D eigenvalue weighted by Crippen LogP contribution is 2.30. The summed E-state index contributed by atoms with van der Waals surface area (Å²) < 4.78 is 6.59. The molecule has 94 valence electrons. The Labute approximate surface area is 116 Å². The average Bonchev–Trinajstić information content (AvgIpc) is 2.35. The van der Waals surface area contributed by atoms with Gasteiger partial charge in [0.05, 0.1) is 4.47 Å². The molecule has 0 unspecified atom stereocenters. The number of aryl methyl sites for hydroxylation is 2. The summed E-state index contributed by atoms with van der Waals surface area (Å²) in [6, 6.07) is 12.0. The fraction of sp³-hybridized carbons (Fsp3) is 0.200. The number of nitrogens with two attached hydrogens (primary N) is 1. The molecule has 3 heteroatoms. The van der Waals surface area contributed by atoms with Gasteiger partial charge in [0, 0.05) is 5.69 Å². The van der Waals surface area contributed by atoms with Crippen LogP contribution >= 0.6 is 15.9 Å². The monoisotopic (exact) mass is 305 g/mol. The highest BCUT2D eigenvalue weighted by Gasteiger charge is 2.04. The van der Waals surface area contributed by atoms with Crippen molar-refractivity contribution in [3.8, 4) is 5.75 Å². The lowest BCUT2D eigenvalue weighted by atomic mass is 10.1. The van der Waals surface area contributed by atoms with E-state index in [9.17, 15) is 0 Å². The molecule has 2 nitrogen and oxygen atoms in total. The van der Waals surface area contributed by atoms with Crippen LogP contribution in [0, 0.1) is 13.8 Å². The highest BCUT2D eigenvalue weighted by atomic mass is 79.9. The fourth-order valence-corrected chi connectivity index (χ4v) is 2.07. The van der Waals surface area contributed by atoms with E-state index in [4.69, 9.17) is 10.5 Å². The van der Waals surface area contributed by atoms with E-state index in [0.29, 0.717) is 12.3 Å². The molecule has 2 N–H and O–H groups in total. The van der Waals surface area contributed by atoms with E-state index in [1.165, 1.54) is 11.1 Å². The number of anilines is 1. The SMILES string of the molecule is Cc1ccc(COc2cccc(N)c2Br)cc1C. The maximum Gasteiger partial charge on any atom is 0.136 e. The number of ether oxygens (including phenoxy) is 1. The van der Waals surface area contributed by atoms with Crippen LogP contribution in [0.5, 0.6) is 5.75 Å². The number of rotatable bonds is 3. The number of hydrogen-bond acceptors (Lipinski definition) is 2. The molecule has 0 bridgehead atoms. The van der Waals surface area contributed by atoms with Gasteiger partial charge < -0.3 is 10.5 Å². The van der Waals surface area contributed by atoms with Gasteiger partial charge in [0.25, 0.3) is 0 Å². The minimum Gasteiger partial charge on any atom is -0.488 e. The molecule has 0 aliphatic heterocycles. The van der Waals surface area contributed by atoms with Crippen molar-refractivity contribution >= 4 is 21.6 Å². The lowest BCUT2D eigenvalue weighted by Crippen LogP contribution is -1.98. The van der Waals surface area contributed by atoms with Gasteiger partial charge in [0.1, 0.15) is 12.4 Å². The molecule has 0 aliphatic carbocycles. The quantitative estimate of drug-likeness (QED) is 0.861. The van der Waals surface area contributed by atoms with Crippen molar-refractivity contribution in [2.75, 3.05) is 5.73 Å². The number of nitrogen functional groups attached to an aromatic ring is 1. The van der Waals surface area contributed by atoms with E-state index in [1.54, 1.807) is 0 Å². The first-order valence-electron chi connectivity index (χ1n) is 5.81. The molecule has 0 saturated heterocycles. The van der Waals surface area contributed by atoms with Gasteiger partial charge in [-0.3, -0.25) is 0 Å². The number of halogens is 1. The summed E-state index contributed by atoms with van der Waals surface area (Å²) in [5.41, 5.74) is 10.2. The van der Waals surface area contributed by atoms with Crippen molar-refractivity contribution in [3.63, 3.8) is 0 Å². The molecule has 2 aromatic carbocycles. The second-order valence-electron chi connectivity index (χ2n) is 4.37. The van der Waals surface area contributed by atoms with Crippen LogP contribution < -0.4 is 10.5 Å². The number of hydrogen-bond donors (Lipinski definition) is 1. The lowest BCUT2D eigenvalue weighted by molar-refractivity contribution is 0.304. The van der Waals surface area contributed by atoms with Crippen molar-refractivity contribution in [1.29, 1.82) is 0 Å². The van der Waals surface area contributed by atoms with Gasteiger partial charge in [-0.25, -0.2) is 0 Å². The van der Waals surface area contributed by atoms with Crippen LogP contribution in [0.1, 0.15) is 16.7 Å². The summed E-state index contributed by atoms with van der Waals surface area (Å²) in [6.45, 7) is 4.76. The van der Waals surface area contributed by atoms with E-state index in [0.717, 1.165) is 15.8 Å². The molecular weight excluding hydrogens is 290 g/mol. The first-order valence-corrected chi connectivity index (χ1v) is 6.60. The molecule has 2 rings (SSSR count). The van der Waals surface area contributed by atoms with E-state index < -0.39 is 0 Å². The topological polar surface area (TPSA) is 35.2 Å². The van der Waals surface area contributed by atoms with Gasteiger partial charge in [0.15, 0.2) is 0 Å². The molecule has 0 radical (unpaired) electrons. The van der Waals surface area contributed by atoms with Crippen LogP contribution in [0.2, 0.25) is 0 Å². The molecule has 0 heterocycles. The van der Waals surface area contributed by atoms with Crippen LogP contribution in [-0.4, -0.2) is 0 Å². The van der Waals surface area contributed by atoms with Gasteiger partial charge >= 0.3 is 0 Å². The second-order valence-corrected chi connectivity index (χ2v) is 5.16. The normalized spacial score (nSPS) is 10.4. The molecule has 0 spiro atoms. The Balaban J connectivity index is 2.11. The van der Waals surface area contributed by atoms with Gasteiger partial charge in [-0.2, -0.15) is 0 Å². The zero-order valence-electron chi connectivity index (χ0n) is 10.5. The third kappa shape index (κ3) is 2.85. The molecule has 0 fully saturated rings. The summed E-state index contributed by atoms with van der Waals surface area (Å²) in [5.74, 6) is 0.772.